The Hall–Kier alpha value is -4.62. The number of carbonyl (C=O) groups excluding carboxylic acids is 1. The third kappa shape index (κ3) is 4.90. The maximum Gasteiger partial charge on any atom is 0.265 e. The SMILES string of the molecule is O=C(Nc1ccc(N=Nc2ccccc2)cc1)C1N=C(c2ccccc2)N(c2ccccc2)N1. The van der Waals surface area contributed by atoms with Crippen molar-refractivity contribution in [1.29, 1.82) is 0 Å². The molecule has 7 nitrogen and oxygen atoms in total. The molecule has 1 amide bonds. The van der Waals surface area contributed by atoms with E-state index in [0.717, 1.165) is 16.9 Å². The number of benzene rings is 4. The minimum absolute atomic E-state index is 0.259. The maximum atomic E-state index is 13.0. The molecule has 1 unspecified atom stereocenters. The van der Waals surface area contributed by atoms with Gasteiger partial charge >= 0.3 is 0 Å². The molecule has 1 aliphatic rings. The highest BCUT2D eigenvalue weighted by Gasteiger charge is 2.31. The van der Waals surface area contributed by atoms with Crippen LogP contribution in [0, 0.1) is 0 Å². The quantitative estimate of drug-likeness (QED) is 0.365. The smallest absolute Gasteiger partial charge is 0.265 e. The van der Waals surface area contributed by atoms with Gasteiger partial charge in [0, 0.05) is 11.3 Å². The number of hydrazine groups is 1. The maximum absolute atomic E-state index is 13.0. The Morgan fingerprint density at radius 1 is 0.735 bits per heavy atom. The molecule has 4 aromatic rings. The number of amidine groups is 1. The molecular weight excluding hydrogens is 424 g/mol. The monoisotopic (exact) mass is 446 g/mol. The van der Waals surface area contributed by atoms with E-state index in [1.807, 2.05) is 96.0 Å². The van der Waals surface area contributed by atoms with E-state index >= 15 is 0 Å². The zero-order valence-electron chi connectivity index (χ0n) is 18.2. The summed E-state index contributed by atoms with van der Waals surface area (Å²) in [7, 11) is 0. The Morgan fingerprint density at radius 3 is 1.94 bits per heavy atom. The van der Waals surface area contributed by atoms with Gasteiger partial charge in [0.2, 0.25) is 0 Å². The first-order chi connectivity index (χ1) is 16.8. The number of anilines is 2. The zero-order valence-corrected chi connectivity index (χ0v) is 18.2. The van der Waals surface area contributed by atoms with Gasteiger partial charge in [0.1, 0.15) is 0 Å². The lowest BCUT2D eigenvalue weighted by atomic mass is 10.2. The fourth-order valence-electron chi connectivity index (χ4n) is 3.51. The molecule has 0 fully saturated rings. The zero-order chi connectivity index (χ0) is 23.2. The Labute approximate surface area is 197 Å². The highest BCUT2D eigenvalue weighted by Crippen LogP contribution is 2.23. The van der Waals surface area contributed by atoms with Crippen LogP contribution in [0.5, 0.6) is 0 Å². The summed E-state index contributed by atoms with van der Waals surface area (Å²) in [6, 6.07) is 36.3. The molecule has 0 aromatic heterocycles. The topological polar surface area (TPSA) is 81.5 Å². The third-order valence-corrected chi connectivity index (χ3v) is 5.18. The largest absolute Gasteiger partial charge is 0.323 e. The van der Waals surface area contributed by atoms with Gasteiger partial charge in [-0.2, -0.15) is 15.7 Å². The van der Waals surface area contributed by atoms with Crippen LogP contribution in [0.4, 0.5) is 22.7 Å². The van der Waals surface area contributed by atoms with Crippen LogP contribution in [-0.4, -0.2) is 17.9 Å². The summed E-state index contributed by atoms with van der Waals surface area (Å²) in [6.07, 6.45) is -0.771. The number of carbonyl (C=O) groups is 1. The van der Waals surface area contributed by atoms with Crippen molar-refractivity contribution in [2.45, 2.75) is 6.17 Å². The van der Waals surface area contributed by atoms with Gasteiger partial charge in [0.15, 0.2) is 12.0 Å². The molecule has 1 aliphatic heterocycles. The standard InChI is InChI=1S/C27H22N6O/c34-27(28-21-16-18-23(19-17-21)31-30-22-12-6-2-7-13-22)25-29-26(20-10-4-1-5-11-20)33(32-25)24-14-8-3-9-15-24/h1-19,25,32H,(H,28,34). The lowest BCUT2D eigenvalue weighted by Gasteiger charge is -2.21. The summed E-state index contributed by atoms with van der Waals surface area (Å²) >= 11 is 0. The van der Waals surface area contributed by atoms with Crippen LogP contribution in [0.15, 0.2) is 130 Å². The molecule has 0 radical (unpaired) electrons. The average Bonchev–Trinajstić information content (AvgIpc) is 3.36. The highest BCUT2D eigenvalue weighted by molar-refractivity contribution is 6.13. The predicted molar refractivity (Wildman–Crippen MR) is 135 cm³/mol. The Bertz CT molecular complexity index is 1310. The summed E-state index contributed by atoms with van der Waals surface area (Å²) in [6.45, 7) is 0. The molecule has 2 N–H and O–H groups in total. The predicted octanol–water partition coefficient (Wildman–Crippen LogP) is 5.84. The van der Waals surface area contributed by atoms with Gasteiger partial charge in [0.05, 0.1) is 17.1 Å². The number of amides is 1. The van der Waals surface area contributed by atoms with Crippen LogP contribution in [0.2, 0.25) is 0 Å². The van der Waals surface area contributed by atoms with E-state index in [1.165, 1.54) is 0 Å². The first-order valence-electron chi connectivity index (χ1n) is 10.9. The van der Waals surface area contributed by atoms with Crippen molar-refractivity contribution in [3.63, 3.8) is 0 Å². The summed E-state index contributed by atoms with van der Waals surface area (Å²) in [5.41, 5.74) is 7.15. The number of aliphatic imine (C=N–C) groups is 1. The lowest BCUT2D eigenvalue weighted by Crippen LogP contribution is -2.45. The second kappa shape index (κ2) is 9.89. The number of nitrogens with zero attached hydrogens (tertiary/aromatic N) is 4. The summed E-state index contributed by atoms with van der Waals surface area (Å²) in [5.74, 6) is 0.425. The van der Waals surface area contributed by atoms with Gasteiger partial charge < -0.3 is 5.32 Å². The number of hydrogen-bond donors (Lipinski definition) is 2. The minimum Gasteiger partial charge on any atom is -0.323 e. The van der Waals surface area contributed by atoms with Crippen LogP contribution in [0.1, 0.15) is 5.56 Å². The van der Waals surface area contributed by atoms with Gasteiger partial charge in [-0.25, -0.2) is 4.99 Å². The van der Waals surface area contributed by atoms with E-state index in [9.17, 15) is 4.79 Å². The number of para-hydroxylation sites is 1. The summed E-state index contributed by atoms with van der Waals surface area (Å²) in [5, 5.41) is 13.2. The number of rotatable bonds is 6. The fraction of sp³-hybridized carbons (Fsp3) is 0.0370. The van der Waals surface area contributed by atoms with E-state index in [2.05, 4.69) is 26.0 Å². The number of nitrogens with one attached hydrogen (secondary N) is 2. The molecule has 0 spiro atoms. The third-order valence-electron chi connectivity index (χ3n) is 5.18. The molecule has 0 saturated heterocycles. The molecule has 4 aromatic carbocycles. The second-order valence-electron chi connectivity index (χ2n) is 7.59. The first-order valence-corrected chi connectivity index (χ1v) is 10.9. The van der Waals surface area contributed by atoms with E-state index in [-0.39, 0.29) is 5.91 Å². The van der Waals surface area contributed by atoms with Crippen molar-refractivity contribution >= 4 is 34.5 Å². The van der Waals surface area contributed by atoms with Gasteiger partial charge in [-0.3, -0.25) is 9.80 Å². The van der Waals surface area contributed by atoms with Crippen molar-refractivity contribution in [2.75, 3.05) is 10.3 Å². The Balaban J connectivity index is 1.30. The van der Waals surface area contributed by atoms with Crippen molar-refractivity contribution < 1.29 is 4.79 Å². The van der Waals surface area contributed by atoms with Crippen molar-refractivity contribution in [1.82, 2.24) is 5.43 Å². The molecular formula is C27H22N6O. The molecule has 0 saturated carbocycles. The lowest BCUT2D eigenvalue weighted by molar-refractivity contribution is -0.117. The first kappa shape index (κ1) is 21.2. The van der Waals surface area contributed by atoms with Crippen LogP contribution in [0.25, 0.3) is 0 Å². The van der Waals surface area contributed by atoms with E-state index < -0.39 is 6.17 Å². The second-order valence-corrected chi connectivity index (χ2v) is 7.59. The molecule has 34 heavy (non-hydrogen) atoms. The van der Waals surface area contributed by atoms with Gasteiger partial charge in [-0.05, 0) is 48.5 Å². The van der Waals surface area contributed by atoms with Crippen molar-refractivity contribution in [3.8, 4) is 0 Å². The molecule has 7 heteroatoms. The molecule has 0 aliphatic carbocycles. The van der Waals surface area contributed by atoms with Crippen LogP contribution < -0.4 is 15.8 Å². The molecule has 0 bridgehead atoms. The van der Waals surface area contributed by atoms with Gasteiger partial charge in [-0.1, -0.05) is 66.7 Å². The van der Waals surface area contributed by atoms with Gasteiger partial charge in [-0.15, -0.1) is 0 Å². The van der Waals surface area contributed by atoms with Crippen molar-refractivity contribution in [3.05, 3.63) is 121 Å². The fourth-order valence-corrected chi connectivity index (χ4v) is 3.51. The average molecular weight is 447 g/mol. The van der Waals surface area contributed by atoms with Crippen LogP contribution >= 0.6 is 0 Å². The van der Waals surface area contributed by atoms with E-state index in [4.69, 9.17) is 0 Å². The van der Waals surface area contributed by atoms with Crippen molar-refractivity contribution in [2.24, 2.45) is 15.2 Å². The highest BCUT2D eigenvalue weighted by atomic mass is 16.2. The Kier molecular flexibility index (Phi) is 6.18. The molecule has 5 rings (SSSR count). The normalized spacial score (nSPS) is 15.4. The van der Waals surface area contributed by atoms with E-state index in [0.29, 0.717) is 17.2 Å². The van der Waals surface area contributed by atoms with E-state index in [1.54, 1.807) is 24.3 Å². The molecule has 166 valence electrons. The molecule has 1 atom stereocenters. The molecule has 1 heterocycles. The minimum atomic E-state index is -0.771. The Morgan fingerprint density at radius 2 is 1.29 bits per heavy atom. The number of azo groups is 1. The summed E-state index contributed by atoms with van der Waals surface area (Å²) < 4.78 is 0. The number of hydrogen-bond acceptors (Lipinski definition) is 6. The summed E-state index contributed by atoms with van der Waals surface area (Å²) in [4.78, 5) is 17.7. The van der Waals surface area contributed by atoms with Gasteiger partial charge in [0.25, 0.3) is 5.91 Å². The van der Waals surface area contributed by atoms with Crippen LogP contribution in [-0.2, 0) is 4.79 Å². The van der Waals surface area contributed by atoms with Crippen LogP contribution in [0.3, 0.4) is 0 Å².